The highest BCUT2D eigenvalue weighted by Crippen LogP contribution is 2.26. The van der Waals surface area contributed by atoms with Crippen LogP contribution in [0.1, 0.15) is 49.7 Å². The highest BCUT2D eigenvalue weighted by Gasteiger charge is 2.12. The van der Waals surface area contributed by atoms with E-state index in [0.717, 1.165) is 18.9 Å². The predicted molar refractivity (Wildman–Crippen MR) is 74.1 cm³/mol. The third kappa shape index (κ3) is 4.16. The van der Waals surface area contributed by atoms with E-state index < -0.39 is 0 Å². The Kier molecular flexibility index (Phi) is 5.06. The Labute approximate surface area is 105 Å². The minimum absolute atomic E-state index is 0.757. The summed E-state index contributed by atoms with van der Waals surface area (Å²) in [4.78, 5) is 0. The maximum Gasteiger partial charge on any atom is -0.00367 e. The van der Waals surface area contributed by atoms with Crippen molar-refractivity contribution in [2.75, 3.05) is 6.54 Å². The average Bonchev–Trinajstić information content (AvgIpc) is 2.59. The minimum atomic E-state index is 0.757. The van der Waals surface area contributed by atoms with Crippen LogP contribution >= 0.6 is 0 Å². The fraction of sp³-hybridized carbons (Fsp3) is 0.625. The summed E-state index contributed by atoms with van der Waals surface area (Å²) in [6.45, 7) is 0.757. The number of rotatable bonds is 4. The normalized spacial score (nSPS) is 17.9. The van der Waals surface area contributed by atoms with Gasteiger partial charge in [0.05, 0.1) is 0 Å². The standard InChI is InChI=1S/C16H25N/c17-11-10-15-8-5-9-16(13-15)12-14-6-3-1-2-4-7-14/h5,8-9,13-14H,1-4,6-7,10-12,17H2. The summed E-state index contributed by atoms with van der Waals surface area (Å²) in [6, 6.07) is 9.03. The molecule has 1 aromatic carbocycles. The van der Waals surface area contributed by atoms with Gasteiger partial charge in [-0.2, -0.15) is 0 Å². The molecule has 17 heavy (non-hydrogen) atoms. The third-order valence-electron chi connectivity index (χ3n) is 3.92. The molecule has 0 aliphatic heterocycles. The number of nitrogens with two attached hydrogens (primary N) is 1. The Bertz CT molecular complexity index is 324. The molecule has 1 saturated carbocycles. The summed E-state index contributed by atoms with van der Waals surface area (Å²) < 4.78 is 0. The lowest BCUT2D eigenvalue weighted by Crippen LogP contribution is -2.05. The van der Waals surface area contributed by atoms with Gasteiger partial charge in [0.2, 0.25) is 0 Å². The first-order valence-electron chi connectivity index (χ1n) is 7.16. The molecule has 1 fully saturated rings. The summed E-state index contributed by atoms with van der Waals surface area (Å²) in [5, 5.41) is 0. The van der Waals surface area contributed by atoms with Gasteiger partial charge < -0.3 is 5.73 Å². The molecule has 0 saturated heterocycles. The molecule has 94 valence electrons. The molecule has 1 aromatic rings. The van der Waals surface area contributed by atoms with Crippen molar-refractivity contribution in [2.45, 2.75) is 51.4 Å². The van der Waals surface area contributed by atoms with Crippen LogP contribution in [0.2, 0.25) is 0 Å². The lowest BCUT2D eigenvalue weighted by Gasteiger charge is -2.14. The smallest absolute Gasteiger partial charge is 0.00367 e. The van der Waals surface area contributed by atoms with Gasteiger partial charge in [0.15, 0.2) is 0 Å². The van der Waals surface area contributed by atoms with Crippen molar-refractivity contribution in [3.05, 3.63) is 35.4 Å². The zero-order chi connectivity index (χ0) is 11.9. The number of hydrogen-bond donors (Lipinski definition) is 1. The highest BCUT2D eigenvalue weighted by atomic mass is 14.5. The lowest BCUT2D eigenvalue weighted by molar-refractivity contribution is 0.458. The summed E-state index contributed by atoms with van der Waals surface area (Å²) in [6.07, 6.45) is 10.9. The van der Waals surface area contributed by atoms with Crippen LogP contribution < -0.4 is 5.73 Å². The maximum absolute atomic E-state index is 5.62. The summed E-state index contributed by atoms with van der Waals surface area (Å²) in [5.74, 6) is 0.922. The molecular weight excluding hydrogens is 206 g/mol. The largest absolute Gasteiger partial charge is 0.330 e. The van der Waals surface area contributed by atoms with Crippen LogP contribution in [0.4, 0.5) is 0 Å². The first-order chi connectivity index (χ1) is 8.38. The third-order valence-corrected chi connectivity index (χ3v) is 3.92. The fourth-order valence-corrected chi connectivity index (χ4v) is 2.98. The fourth-order valence-electron chi connectivity index (χ4n) is 2.98. The molecule has 0 aromatic heterocycles. The van der Waals surface area contributed by atoms with Crippen LogP contribution in [0.5, 0.6) is 0 Å². The van der Waals surface area contributed by atoms with E-state index in [2.05, 4.69) is 24.3 Å². The molecule has 0 atom stereocenters. The Morgan fingerprint density at radius 1 is 1.00 bits per heavy atom. The van der Waals surface area contributed by atoms with Gasteiger partial charge in [0, 0.05) is 0 Å². The van der Waals surface area contributed by atoms with E-state index in [1.807, 2.05) is 0 Å². The summed E-state index contributed by atoms with van der Waals surface area (Å²) in [5.41, 5.74) is 8.53. The summed E-state index contributed by atoms with van der Waals surface area (Å²) >= 11 is 0. The van der Waals surface area contributed by atoms with Gasteiger partial charge >= 0.3 is 0 Å². The van der Waals surface area contributed by atoms with Crippen molar-refractivity contribution < 1.29 is 0 Å². The molecule has 0 unspecified atom stereocenters. The van der Waals surface area contributed by atoms with E-state index in [1.165, 1.54) is 56.1 Å². The Morgan fingerprint density at radius 3 is 2.41 bits per heavy atom. The van der Waals surface area contributed by atoms with Crippen molar-refractivity contribution in [1.82, 2.24) is 0 Å². The molecule has 2 N–H and O–H groups in total. The number of hydrogen-bond acceptors (Lipinski definition) is 1. The Morgan fingerprint density at radius 2 is 1.71 bits per heavy atom. The topological polar surface area (TPSA) is 26.0 Å². The van der Waals surface area contributed by atoms with E-state index in [9.17, 15) is 0 Å². The van der Waals surface area contributed by atoms with Crippen LogP contribution in [0, 0.1) is 5.92 Å². The second-order valence-corrected chi connectivity index (χ2v) is 5.42. The minimum Gasteiger partial charge on any atom is -0.330 e. The molecule has 2 rings (SSSR count). The second kappa shape index (κ2) is 6.80. The lowest BCUT2D eigenvalue weighted by atomic mass is 9.91. The second-order valence-electron chi connectivity index (χ2n) is 5.42. The van der Waals surface area contributed by atoms with Gasteiger partial charge in [-0.05, 0) is 36.4 Å². The zero-order valence-corrected chi connectivity index (χ0v) is 10.8. The SMILES string of the molecule is NCCc1cccc(CC2CCCCCC2)c1. The van der Waals surface area contributed by atoms with E-state index in [-0.39, 0.29) is 0 Å². The molecule has 1 heteroatoms. The van der Waals surface area contributed by atoms with Crippen molar-refractivity contribution in [2.24, 2.45) is 11.7 Å². The molecule has 1 aliphatic carbocycles. The van der Waals surface area contributed by atoms with Crippen LogP contribution in [0.3, 0.4) is 0 Å². The van der Waals surface area contributed by atoms with Gasteiger partial charge in [0.1, 0.15) is 0 Å². The first-order valence-corrected chi connectivity index (χ1v) is 7.16. The molecule has 0 bridgehead atoms. The highest BCUT2D eigenvalue weighted by molar-refractivity contribution is 5.24. The molecular formula is C16H25N. The van der Waals surface area contributed by atoms with Gasteiger partial charge in [-0.1, -0.05) is 62.8 Å². The van der Waals surface area contributed by atoms with E-state index in [1.54, 1.807) is 0 Å². The van der Waals surface area contributed by atoms with E-state index in [4.69, 9.17) is 5.73 Å². The Balaban J connectivity index is 1.94. The van der Waals surface area contributed by atoms with Crippen LogP contribution in [-0.4, -0.2) is 6.54 Å². The Hall–Kier alpha value is -0.820. The van der Waals surface area contributed by atoms with Crippen molar-refractivity contribution >= 4 is 0 Å². The maximum atomic E-state index is 5.62. The van der Waals surface area contributed by atoms with Crippen molar-refractivity contribution in [1.29, 1.82) is 0 Å². The van der Waals surface area contributed by atoms with Crippen LogP contribution in [-0.2, 0) is 12.8 Å². The predicted octanol–water partition coefficient (Wildman–Crippen LogP) is 3.70. The van der Waals surface area contributed by atoms with Crippen LogP contribution in [0.25, 0.3) is 0 Å². The van der Waals surface area contributed by atoms with Gasteiger partial charge in [0.25, 0.3) is 0 Å². The number of benzene rings is 1. The van der Waals surface area contributed by atoms with Gasteiger partial charge in [-0.25, -0.2) is 0 Å². The van der Waals surface area contributed by atoms with Crippen molar-refractivity contribution in [3.8, 4) is 0 Å². The molecule has 0 spiro atoms. The van der Waals surface area contributed by atoms with E-state index in [0.29, 0.717) is 0 Å². The average molecular weight is 231 g/mol. The molecule has 1 aliphatic rings. The zero-order valence-electron chi connectivity index (χ0n) is 10.8. The van der Waals surface area contributed by atoms with Gasteiger partial charge in [-0.3, -0.25) is 0 Å². The summed E-state index contributed by atoms with van der Waals surface area (Å²) in [7, 11) is 0. The first kappa shape index (κ1) is 12.6. The molecule has 0 amide bonds. The quantitative estimate of drug-likeness (QED) is 0.786. The van der Waals surface area contributed by atoms with E-state index >= 15 is 0 Å². The molecule has 0 heterocycles. The van der Waals surface area contributed by atoms with Crippen LogP contribution in [0.15, 0.2) is 24.3 Å². The molecule has 1 nitrogen and oxygen atoms in total. The molecule has 0 radical (unpaired) electrons. The van der Waals surface area contributed by atoms with Crippen molar-refractivity contribution in [3.63, 3.8) is 0 Å². The van der Waals surface area contributed by atoms with Gasteiger partial charge in [-0.15, -0.1) is 0 Å². The monoisotopic (exact) mass is 231 g/mol.